The van der Waals surface area contributed by atoms with Crippen molar-refractivity contribution < 1.29 is 28.8 Å². The van der Waals surface area contributed by atoms with Crippen LogP contribution in [0.25, 0.3) is 11.1 Å². The Labute approximate surface area is 146 Å². The van der Waals surface area contributed by atoms with Gasteiger partial charge in [0.15, 0.2) is 6.79 Å². The maximum absolute atomic E-state index is 11.9. The zero-order valence-electron chi connectivity index (χ0n) is 14.6. The number of hydrogen-bond donors (Lipinski definition) is 1. The van der Waals surface area contributed by atoms with Gasteiger partial charge in [-0.05, 0) is 47.9 Å². The average molecular weight is 346 g/mol. The molecule has 0 saturated carbocycles. The van der Waals surface area contributed by atoms with Crippen LogP contribution in [0, 0.1) is 0 Å². The summed E-state index contributed by atoms with van der Waals surface area (Å²) in [5.41, 5.74) is 2.84. The summed E-state index contributed by atoms with van der Waals surface area (Å²) in [7, 11) is 4.46. The molecule has 134 valence electrons. The van der Waals surface area contributed by atoms with Gasteiger partial charge >= 0.3 is 5.97 Å². The first kappa shape index (κ1) is 18.8. The van der Waals surface area contributed by atoms with E-state index in [9.17, 15) is 9.90 Å². The minimum Gasteiger partial charge on any atom is -0.497 e. The molecule has 0 unspecified atom stereocenters. The number of benzene rings is 2. The maximum atomic E-state index is 11.9. The molecular weight excluding hydrogens is 324 g/mol. The van der Waals surface area contributed by atoms with E-state index in [0.29, 0.717) is 29.0 Å². The van der Waals surface area contributed by atoms with Crippen molar-refractivity contribution in [1.82, 2.24) is 0 Å². The second kappa shape index (κ2) is 9.05. The predicted octanol–water partition coefficient (Wildman–Crippen LogP) is 2.67. The van der Waals surface area contributed by atoms with Crippen molar-refractivity contribution in [2.45, 2.75) is 6.42 Å². The van der Waals surface area contributed by atoms with Gasteiger partial charge in [0.25, 0.3) is 0 Å². The summed E-state index contributed by atoms with van der Waals surface area (Å²) in [6.07, 6.45) is 0.443. The standard InChI is InChI=1S/C19H22O6/c1-22-12-25-18-7-4-14(19(21)24-3)11-17(18)16-6-5-15(23-2)10-13(16)8-9-20/h4-7,10-11,20H,8-9,12H2,1-3H3. The van der Waals surface area contributed by atoms with Crippen molar-refractivity contribution in [3.05, 3.63) is 47.5 Å². The summed E-state index contributed by atoms with van der Waals surface area (Å²) < 4.78 is 20.7. The molecule has 2 aromatic carbocycles. The van der Waals surface area contributed by atoms with E-state index in [1.54, 1.807) is 25.3 Å². The summed E-state index contributed by atoms with van der Waals surface area (Å²) in [6.45, 7) is 0.0706. The second-order valence-corrected chi connectivity index (χ2v) is 5.25. The molecule has 0 radical (unpaired) electrons. The van der Waals surface area contributed by atoms with Crippen LogP contribution in [0.2, 0.25) is 0 Å². The van der Waals surface area contributed by atoms with E-state index in [0.717, 1.165) is 11.1 Å². The van der Waals surface area contributed by atoms with Crippen LogP contribution in [0.5, 0.6) is 11.5 Å². The fraction of sp³-hybridized carbons (Fsp3) is 0.316. The first-order valence-corrected chi connectivity index (χ1v) is 7.76. The number of carbonyl (C=O) groups excluding carboxylic acids is 1. The van der Waals surface area contributed by atoms with Crippen molar-refractivity contribution in [2.75, 3.05) is 34.7 Å². The van der Waals surface area contributed by atoms with E-state index in [4.69, 9.17) is 18.9 Å². The number of carbonyl (C=O) groups is 1. The Hall–Kier alpha value is -2.57. The van der Waals surface area contributed by atoms with Crippen LogP contribution >= 0.6 is 0 Å². The molecule has 0 spiro atoms. The molecule has 0 aliphatic rings. The van der Waals surface area contributed by atoms with Crippen LogP contribution in [0.1, 0.15) is 15.9 Å². The Morgan fingerprint density at radius 1 is 1.04 bits per heavy atom. The lowest BCUT2D eigenvalue weighted by atomic mass is 9.95. The van der Waals surface area contributed by atoms with Crippen LogP contribution in [-0.2, 0) is 15.9 Å². The van der Waals surface area contributed by atoms with E-state index in [1.165, 1.54) is 14.2 Å². The first-order valence-electron chi connectivity index (χ1n) is 7.76. The summed E-state index contributed by atoms with van der Waals surface area (Å²) in [5.74, 6) is 0.825. The number of hydrogen-bond acceptors (Lipinski definition) is 6. The van der Waals surface area contributed by atoms with Crippen molar-refractivity contribution in [3.63, 3.8) is 0 Å². The van der Waals surface area contributed by atoms with Crippen molar-refractivity contribution in [3.8, 4) is 22.6 Å². The zero-order valence-corrected chi connectivity index (χ0v) is 14.6. The first-order chi connectivity index (χ1) is 12.1. The number of rotatable bonds is 8. The number of ether oxygens (including phenoxy) is 4. The predicted molar refractivity (Wildman–Crippen MR) is 93.1 cm³/mol. The number of aliphatic hydroxyl groups is 1. The maximum Gasteiger partial charge on any atom is 0.337 e. The van der Waals surface area contributed by atoms with Crippen LogP contribution in [0.3, 0.4) is 0 Å². The SMILES string of the molecule is COCOc1ccc(C(=O)OC)cc1-c1ccc(OC)cc1CCO. The van der Waals surface area contributed by atoms with Gasteiger partial charge in [-0.2, -0.15) is 0 Å². The summed E-state index contributed by atoms with van der Waals surface area (Å²) >= 11 is 0. The Morgan fingerprint density at radius 2 is 1.84 bits per heavy atom. The van der Waals surface area contributed by atoms with Gasteiger partial charge < -0.3 is 24.1 Å². The highest BCUT2D eigenvalue weighted by molar-refractivity contribution is 5.92. The highest BCUT2D eigenvalue weighted by Crippen LogP contribution is 2.35. The smallest absolute Gasteiger partial charge is 0.337 e. The summed E-state index contributed by atoms with van der Waals surface area (Å²) in [6, 6.07) is 10.6. The topological polar surface area (TPSA) is 74.2 Å². The van der Waals surface area contributed by atoms with E-state index in [-0.39, 0.29) is 13.4 Å². The molecule has 6 heteroatoms. The van der Waals surface area contributed by atoms with Crippen LogP contribution in [0.15, 0.2) is 36.4 Å². The molecule has 0 aliphatic carbocycles. The molecule has 0 heterocycles. The molecule has 0 fully saturated rings. The highest BCUT2D eigenvalue weighted by atomic mass is 16.7. The Balaban J connectivity index is 2.59. The van der Waals surface area contributed by atoms with E-state index < -0.39 is 5.97 Å². The highest BCUT2D eigenvalue weighted by Gasteiger charge is 2.16. The van der Waals surface area contributed by atoms with Gasteiger partial charge in [-0.15, -0.1) is 0 Å². The monoisotopic (exact) mass is 346 g/mol. The summed E-state index contributed by atoms with van der Waals surface area (Å²) in [4.78, 5) is 11.9. The minimum absolute atomic E-state index is 0.00881. The normalized spacial score (nSPS) is 10.4. The van der Waals surface area contributed by atoms with Crippen molar-refractivity contribution >= 4 is 5.97 Å². The van der Waals surface area contributed by atoms with Gasteiger partial charge in [-0.3, -0.25) is 0 Å². The lowest BCUT2D eigenvalue weighted by Gasteiger charge is -2.16. The molecule has 6 nitrogen and oxygen atoms in total. The van der Waals surface area contributed by atoms with Gasteiger partial charge in [0.05, 0.1) is 19.8 Å². The molecular formula is C19H22O6. The average Bonchev–Trinajstić information content (AvgIpc) is 2.65. The molecule has 2 rings (SSSR count). The molecule has 0 atom stereocenters. The Morgan fingerprint density at radius 3 is 2.48 bits per heavy atom. The van der Waals surface area contributed by atoms with Gasteiger partial charge in [-0.25, -0.2) is 4.79 Å². The molecule has 0 bridgehead atoms. The largest absolute Gasteiger partial charge is 0.497 e. The molecule has 25 heavy (non-hydrogen) atoms. The summed E-state index contributed by atoms with van der Waals surface area (Å²) in [5, 5.41) is 9.38. The third kappa shape index (κ3) is 4.49. The number of esters is 1. The lowest BCUT2D eigenvalue weighted by molar-refractivity contribution is 0.0515. The number of aliphatic hydroxyl groups excluding tert-OH is 1. The van der Waals surface area contributed by atoms with Crippen LogP contribution in [-0.4, -0.2) is 45.8 Å². The lowest BCUT2D eigenvalue weighted by Crippen LogP contribution is -2.05. The minimum atomic E-state index is -0.434. The Bertz CT molecular complexity index is 726. The quantitative estimate of drug-likeness (QED) is 0.585. The fourth-order valence-corrected chi connectivity index (χ4v) is 2.52. The number of methoxy groups -OCH3 is 3. The third-order valence-corrected chi connectivity index (χ3v) is 3.72. The van der Waals surface area contributed by atoms with Crippen molar-refractivity contribution in [2.24, 2.45) is 0 Å². The molecule has 0 saturated heterocycles. The fourth-order valence-electron chi connectivity index (χ4n) is 2.52. The van der Waals surface area contributed by atoms with Gasteiger partial charge in [0, 0.05) is 19.3 Å². The second-order valence-electron chi connectivity index (χ2n) is 5.25. The molecule has 0 aliphatic heterocycles. The van der Waals surface area contributed by atoms with Crippen LogP contribution in [0.4, 0.5) is 0 Å². The van der Waals surface area contributed by atoms with Gasteiger partial charge in [0.2, 0.25) is 0 Å². The van der Waals surface area contributed by atoms with Crippen LogP contribution < -0.4 is 9.47 Å². The molecule has 0 aromatic heterocycles. The molecule has 0 amide bonds. The molecule has 2 aromatic rings. The van der Waals surface area contributed by atoms with E-state index in [1.807, 2.05) is 18.2 Å². The third-order valence-electron chi connectivity index (χ3n) is 3.72. The van der Waals surface area contributed by atoms with E-state index >= 15 is 0 Å². The van der Waals surface area contributed by atoms with Crippen molar-refractivity contribution in [1.29, 1.82) is 0 Å². The Kier molecular flexibility index (Phi) is 6.80. The van der Waals surface area contributed by atoms with E-state index in [2.05, 4.69) is 0 Å². The zero-order chi connectivity index (χ0) is 18.2. The molecule has 1 N–H and O–H groups in total. The van der Waals surface area contributed by atoms with Gasteiger partial charge in [-0.1, -0.05) is 6.07 Å². The van der Waals surface area contributed by atoms with Gasteiger partial charge in [0.1, 0.15) is 11.5 Å².